The van der Waals surface area contributed by atoms with Crippen LogP contribution in [0.15, 0.2) is 97.1 Å². The van der Waals surface area contributed by atoms with Gasteiger partial charge in [0.1, 0.15) is 11.5 Å². The molecule has 4 aromatic carbocycles. The van der Waals surface area contributed by atoms with Crippen molar-refractivity contribution in [1.82, 2.24) is 0 Å². The molecule has 0 unspecified atom stereocenters. The number of fused-ring (bicyclic) bond motifs is 2. The van der Waals surface area contributed by atoms with Gasteiger partial charge in [-0.05, 0) is 47.5 Å². The summed E-state index contributed by atoms with van der Waals surface area (Å²) in [5, 5.41) is 0. The van der Waals surface area contributed by atoms with Gasteiger partial charge in [0, 0.05) is 41.0 Å². The summed E-state index contributed by atoms with van der Waals surface area (Å²) in [5.41, 5.74) is 7.30. The van der Waals surface area contributed by atoms with Crippen LogP contribution in [0.4, 0.5) is 11.4 Å². The SMILES string of the molecule is CC(C)(c1ccc(N2COc3ccccc3C2)cc1)c1ccc(N2COc3ccccc3C2)cc1.CCC.CCC. The lowest BCUT2D eigenvalue weighted by molar-refractivity contribution is 0.289. The molecule has 2 aliphatic heterocycles. The third kappa shape index (κ3) is 7.24. The maximum atomic E-state index is 5.95. The van der Waals surface area contributed by atoms with Crippen LogP contribution in [0.5, 0.6) is 11.5 Å². The first kappa shape index (κ1) is 30.0. The van der Waals surface area contributed by atoms with E-state index in [0.29, 0.717) is 13.5 Å². The van der Waals surface area contributed by atoms with Gasteiger partial charge in [-0.15, -0.1) is 0 Å². The molecule has 41 heavy (non-hydrogen) atoms. The molecule has 0 saturated heterocycles. The molecule has 216 valence electrons. The number of para-hydroxylation sites is 2. The zero-order chi connectivity index (χ0) is 29.2. The lowest BCUT2D eigenvalue weighted by Gasteiger charge is -2.32. The Morgan fingerprint density at radius 2 is 0.878 bits per heavy atom. The van der Waals surface area contributed by atoms with Crippen molar-refractivity contribution in [2.24, 2.45) is 0 Å². The Balaban J connectivity index is 0.000000596. The van der Waals surface area contributed by atoms with Crippen LogP contribution >= 0.6 is 0 Å². The van der Waals surface area contributed by atoms with Crippen LogP contribution in [-0.2, 0) is 18.5 Å². The van der Waals surface area contributed by atoms with Gasteiger partial charge in [0.2, 0.25) is 0 Å². The number of nitrogens with zero attached hydrogens (tertiary/aromatic N) is 2. The van der Waals surface area contributed by atoms with E-state index in [0.717, 1.165) is 24.6 Å². The molecule has 4 aromatic rings. The van der Waals surface area contributed by atoms with E-state index in [1.807, 2.05) is 24.3 Å². The molecule has 6 rings (SSSR count). The molecule has 2 heterocycles. The van der Waals surface area contributed by atoms with E-state index in [1.54, 1.807) is 0 Å². The van der Waals surface area contributed by atoms with E-state index >= 15 is 0 Å². The second kappa shape index (κ2) is 14.1. The van der Waals surface area contributed by atoms with Crippen LogP contribution in [0.2, 0.25) is 0 Å². The Bertz CT molecular complexity index is 1260. The van der Waals surface area contributed by atoms with Gasteiger partial charge >= 0.3 is 0 Å². The third-order valence-electron chi connectivity index (χ3n) is 7.33. The maximum Gasteiger partial charge on any atom is 0.161 e. The number of anilines is 2. The maximum absolute atomic E-state index is 5.95. The highest BCUT2D eigenvalue weighted by Crippen LogP contribution is 2.35. The summed E-state index contributed by atoms with van der Waals surface area (Å²) >= 11 is 0. The highest BCUT2D eigenvalue weighted by Gasteiger charge is 2.25. The lowest BCUT2D eigenvalue weighted by atomic mass is 9.78. The summed E-state index contributed by atoms with van der Waals surface area (Å²) in [5.74, 6) is 1.98. The average Bonchev–Trinajstić information content (AvgIpc) is 3.01. The number of hydrogen-bond donors (Lipinski definition) is 0. The molecular formula is C37H46N2O2. The van der Waals surface area contributed by atoms with E-state index in [2.05, 4.69) is 124 Å². The molecule has 0 radical (unpaired) electrons. The zero-order valence-electron chi connectivity index (χ0n) is 25.7. The van der Waals surface area contributed by atoms with Crippen molar-refractivity contribution in [2.45, 2.75) is 72.9 Å². The minimum absolute atomic E-state index is 0.104. The molecule has 0 saturated carbocycles. The minimum atomic E-state index is -0.104. The molecule has 2 aliphatic rings. The summed E-state index contributed by atoms with van der Waals surface area (Å²) in [4.78, 5) is 4.54. The fourth-order valence-corrected chi connectivity index (χ4v) is 5.02. The molecule has 0 aromatic heterocycles. The van der Waals surface area contributed by atoms with Crippen molar-refractivity contribution in [3.05, 3.63) is 119 Å². The summed E-state index contributed by atoms with van der Waals surface area (Å²) < 4.78 is 11.9. The van der Waals surface area contributed by atoms with Crippen molar-refractivity contribution in [1.29, 1.82) is 0 Å². The monoisotopic (exact) mass is 550 g/mol. The first-order chi connectivity index (χ1) is 19.9. The number of rotatable bonds is 4. The van der Waals surface area contributed by atoms with Crippen molar-refractivity contribution in [2.75, 3.05) is 23.3 Å². The molecule has 0 N–H and O–H groups in total. The molecule has 0 bridgehead atoms. The van der Waals surface area contributed by atoms with Gasteiger partial charge in [-0.1, -0.05) is 115 Å². The summed E-state index contributed by atoms with van der Waals surface area (Å²) in [6, 6.07) is 34.4. The van der Waals surface area contributed by atoms with Crippen molar-refractivity contribution in [3.63, 3.8) is 0 Å². The summed E-state index contributed by atoms with van der Waals surface area (Å²) in [6.07, 6.45) is 2.50. The largest absolute Gasteiger partial charge is 0.473 e. The second-order valence-corrected chi connectivity index (χ2v) is 11.3. The number of benzene rings is 4. The molecule has 0 aliphatic carbocycles. The molecule has 0 atom stereocenters. The van der Waals surface area contributed by atoms with Gasteiger partial charge < -0.3 is 19.3 Å². The molecule has 0 amide bonds. The van der Waals surface area contributed by atoms with Crippen LogP contribution in [0.1, 0.15) is 76.6 Å². The summed E-state index contributed by atoms with van der Waals surface area (Å²) in [6.45, 7) is 16.0. The highest BCUT2D eigenvalue weighted by atomic mass is 16.5. The predicted molar refractivity (Wildman–Crippen MR) is 173 cm³/mol. The third-order valence-corrected chi connectivity index (χ3v) is 7.33. The standard InChI is InChI=1S/C31H30N2O2.2C3H8/c1-31(2,25-11-15-27(16-12-25)32-19-23-7-3-5-9-29(23)34-21-32)26-13-17-28(18-14-26)33-20-24-8-4-6-10-30(24)35-22-33;2*1-3-2/h3-18H,19-22H2,1-2H3;2*3H2,1-2H3. The minimum Gasteiger partial charge on any atom is -0.473 e. The Morgan fingerprint density at radius 1 is 0.537 bits per heavy atom. The topological polar surface area (TPSA) is 24.9 Å². The van der Waals surface area contributed by atoms with Gasteiger partial charge in [0.05, 0.1) is 0 Å². The first-order valence-electron chi connectivity index (χ1n) is 15.0. The van der Waals surface area contributed by atoms with E-state index in [1.165, 1.54) is 46.5 Å². The quantitative estimate of drug-likeness (QED) is 0.253. The lowest BCUT2D eigenvalue weighted by Crippen LogP contribution is -2.32. The summed E-state index contributed by atoms with van der Waals surface area (Å²) in [7, 11) is 0. The molecule has 4 heteroatoms. The normalized spacial score (nSPS) is 13.7. The van der Waals surface area contributed by atoms with Crippen molar-refractivity contribution in [3.8, 4) is 11.5 Å². The number of ether oxygens (including phenoxy) is 2. The Hall–Kier alpha value is -3.92. The molecule has 0 spiro atoms. The van der Waals surface area contributed by atoms with Crippen LogP contribution in [0, 0.1) is 0 Å². The molecule has 0 fully saturated rings. The zero-order valence-corrected chi connectivity index (χ0v) is 25.7. The van der Waals surface area contributed by atoms with Gasteiger partial charge in [0.25, 0.3) is 0 Å². The van der Waals surface area contributed by atoms with Crippen molar-refractivity contribution >= 4 is 11.4 Å². The van der Waals surface area contributed by atoms with Crippen LogP contribution in [0.3, 0.4) is 0 Å². The van der Waals surface area contributed by atoms with E-state index < -0.39 is 0 Å². The fourth-order valence-electron chi connectivity index (χ4n) is 5.02. The Labute approximate surface area is 247 Å². The highest BCUT2D eigenvalue weighted by molar-refractivity contribution is 5.55. The van der Waals surface area contributed by atoms with Gasteiger partial charge in [0.15, 0.2) is 13.5 Å². The van der Waals surface area contributed by atoms with E-state index in [-0.39, 0.29) is 5.41 Å². The van der Waals surface area contributed by atoms with E-state index in [9.17, 15) is 0 Å². The Kier molecular flexibility index (Phi) is 10.3. The smallest absolute Gasteiger partial charge is 0.161 e. The van der Waals surface area contributed by atoms with Crippen LogP contribution in [-0.4, -0.2) is 13.5 Å². The molecule has 4 nitrogen and oxygen atoms in total. The van der Waals surface area contributed by atoms with Crippen LogP contribution in [0.25, 0.3) is 0 Å². The fraction of sp³-hybridized carbons (Fsp3) is 0.351. The Morgan fingerprint density at radius 3 is 1.24 bits per heavy atom. The van der Waals surface area contributed by atoms with Crippen molar-refractivity contribution < 1.29 is 9.47 Å². The first-order valence-corrected chi connectivity index (χ1v) is 15.0. The van der Waals surface area contributed by atoms with Crippen LogP contribution < -0.4 is 19.3 Å². The average molecular weight is 551 g/mol. The number of hydrogen-bond acceptors (Lipinski definition) is 4. The predicted octanol–water partition coefficient (Wildman–Crippen LogP) is 9.56. The second-order valence-electron chi connectivity index (χ2n) is 11.3. The van der Waals surface area contributed by atoms with E-state index in [4.69, 9.17) is 9.47 Å². The molecular weight excluding hydrogens is 504 g/mol. The van der Waals surface area contributed by atoms with Gasteiger partial charge in [-0.2, -0.15) is 0 Å². The van der Waals surface area contributed by atoms with Gasteiger partial charge in [-0.25, -0.2) is 0 Å². The van der Waals surface area contributed by atoms with Gasteiger partial charge in [-0.3, -0.25) is 0 Å².